The van der Waals surface area contributed by atoms with Crippen molar-refractivity contribution in [2.24, 2.45) is 0 Å². The molecule has 2 atom stereocenters. The zero-order valence-corrected chi connectivity index (χ0v) is 18.5. The van der Waals surface area contributed by atoms with Gasteiger partial charge in [-0.15, -0.1) is 0 Å². The van der Waals surface area contributed by atoms with Crippen LogP contribution in [0.3, 0.4) is 0 Å². The van der Waals surface area contributed by atoms with Crippen LogP contribution < -0.4 is 4.74 Å². The van der Waals surface area contributed by atoms with E-state index >= 15 is 0 Å². The molecule has 1 fully saturated rings. The van der Waals surface area contributed by atoms with Gasteiger partial charge < -0.3 is 14.5 Å². The molecule has 0 aromatic heterocycles. The molecule has 2 aliphatic rings. The number of amides is 1. The summed E-state index contributed by atoms with van der Waals surface area (Å²) in [6, 6.07) is 15.0. The minimum absolute atomic E-state index is 0.129. The predicted molar refractivity (Wildman–Crippen MR) is 120 cm³/mol. The Labute approximate surface area is 184 Å². The minimum atomic E-state index is -0.272. The number of nitrogens with zero attached hydrogens (tertiary/aromatic N) is 3. The SMILES string of the molecule is CN(C)C[C@@H]1COc2ccccc2CN1C[C@@H]1CCCN1C(=O)Cc1ccc(F)cc1. The second-order valence-corrected chi connectivity index (χ2v) is 8.95. The fourth-order valence-corrected chi connectivity index (χ4v) is 4.72. The monoisotopic (exact) mass is 425 g/mol. The minimum Gasteiger partial charge on any atom is -0.492 e. The van der Waals surface area contributed by atoms with Gasteiger partial charge in [-0.1, -0.05) is 30.3 Å². The molecule has 2 aromatic rings. The van der Waals surface area contributed by atoms with Crippen molar-refractivity contribution < 1.29 is 13.9 Å². The number of para-hydroxylation sites is 1. The molecule has 4 rings (SSSR count). The van der Waals surface area contributed by atoms with Gasteiger partial charge in [0.15, 0.2) is 0 Å². The van der Waals surface area contributed by atoms with Crippen LogP contribution in [0.25, 0.3) is 0 Å². The first kappa shape index (κ1) is 21.8. The number of fused-ring (bicyclic) bond motifs is 1. The summed E-state index contributed by atoms with van der Waals surface area (Å²) >= 11 is 0. The van der Waals surface area contributed by atoms with E-state index in [0.717, 1.165) is 50.3 Å². The van der Waals surface area contributed by atoms with Crippen LogP contribution in [-0.4, -0.2) is 73.0 Å². The van der Waals surface area contributed by atoms with Crippen molar-refractivity contribution in [3.8, 4) is 5.75 Å². The molecule has 1 amide bonds. The third-order valence-electron chi connectivity index (χ3n) is 6.28. The summed E-state index contributed by atoms with van der Waals surface area (Å²) in [5, 5.41) is 0. The van der Waals surface area contributed by atoms with E-state index < -0.39 is 0 Å². The Morgan fingerprint density at radius 1 is 1.13 bits per heavy atom. The summed E-state index contributed by atoms with van der Waals surface area (Å²) in [7, 11) is 4.18. The van der Waals surface area contributed by atoms with Crippen LogP contribution in [0.2, 0.25) is 0 Å². The Balaban J connectivity index is 1.47. The highest BCUT2D eigenvalue weighted by molar-refractivity contribution is 5.79. The Kier molecular flexibility index (Phi) is 6.88. The largest absolute Gasteiger partial charge is 0.492 e. The van der Waals surface area contributed by atoms with Crippen molar-refractivity contribution in [2.45, 2.75) is 37.9 Å². The Hall–Kier alpha value is -2.44. The molecule has 0 N–H and O–H groups in total. The molecule has 31 heavy (non-hydrogen) atoms. The third kappa shape index (κ3) is 5.43. The van der Waals surface area contributed by atoms with E-state index in [0.29, 0.717) is 13.0 Å². The van der Waals surface area contributed by atoms with Crippen molar-refractivity contribution >= 4 is 5.91 Å². The number of ether oxygens (including phenoxy) is 1. The molecule has 2 heterocycles. The number of likely N-dealkylation sites (N-methyl/N-ethyl adjacent to an activating group) is 1. The van der Waals surface area contributed by atoms with E-state index in [4.69, 9.17) is 4.74 Å². The molecule has 2 aliphatic heterocycles. The number of carbonyl (C=O) groups excluding carboxylic acids is 1. The lowest BCUT2D eigenvalue weighted by molar-refractivity contribution is -0.131. The van der Waals surface area contributed by atoms with E-state index in [2.05, 4.69) is 36.0 Å². The summed E-state index contributed by atoms with van der Waals surface area (Å²) in [5.74, 6) is 0.819. The zero-order valence-electron chi connectivity index (χ0n) is 18.5. The van der Waals surface area contributed by atoms with Crippen LogP contribution in [0, 0.1) is 5.82 Å². The number of carbonyl (C=O) groups is 1. The van der Waals surface area contributed by atoms with Gasteiger partial charge >= 0.3 is 0 Å². The Morgan fingerprint density at radius 3 is 2.68 bits per heavy atom. The molecule has 5 nitrogen and oxygen atoms in total. The summed E-state index contributed by atoms with van der Waals surface area (Å²) in [6.45, 7) is 4.01. The Morgan fingerprint density at radius 2 is 1.90 bits per heavy atom. The second-order valence-electron chi connectivity index (χ2n) is 8.95. The van der Waals surface area contributed by atoms with Crippen LogP contribution >= 0.6 is 0 Å². The molecule has 0 aliphatic carbocycles. The second kappa shape index (κ2) is 9.79. The number of halogens is 1. The number of rotatable bonds is 6. The van der Waals surface area contributed by atoms with Crippen molar-refractivity contribution in [3.63, 3.8) is 0 Å². The van der Waals surface area contributed by atoms with Gasteiger partial charge in [0.25, 0.3) is 0 Å². The first-order valence-corrected chi connectivity index (χ1v) is 11.1. The average molecular weight is 426 g/mol. The molecule has 0 bridgehead atoms. The first-order valence-electron chi connectivity index (χ1n) is 11.1. The molecule has 0 unspecified atom stereocenters. The van der Waals surface area contributed by atoms with E-state index in [1.54, 1.807) is 12.1 Å². The van der Waals surface area contributed by atoms with Gasteiger partial charge in [0.1, 0.15) is 18.2 Å². The molecule has 166 valence electrons. The lowest BCUT2D eigenvalue weighted by atomic mass is 10.1. The van der Waals surface area contributed by atoms with E-state index in [-0.39, 0.29) is 23.8 Å². The van der Waals surface area contributed by atoms with Crippen LogP contribution in [0.5, 0.6) is 5.75 Å². The van der Waals surface area contributed by atoms with Gasteiger partial charge in [-0.2, -0.15) is 0 Å². The van der Waals surface area contributed by atoms with Crippen molar-refractivity contribution in [1.29, 1.82) is 0 Å². The van der Waals surface area contributed by atoms with Gasteiger partial charge in [-0.05, 0) is 50.7 Å². The zero-order chi connectivity index (χ0) is 21.8. The smallest absolute Gasteiger partial charge is 0.227 e. The van der Waals surface area contributed by atoms with Gasteiger partial charge in [-0.25, -0.2) is 4.39 Å². The van der Waals surface area contributed by atoms with E-state index in [1.807, 2.05) is 17.0 Å². The molecular weight excluding hydrogens is 393 g/mol. The standard InChI is InChI=1S/C25H32FN3O2/c1-27(2)16-23-18-31-24-8-4-3-6-20(24)15-28(23)17-22-7-5-13-29(22)25(30)14-19-9-11-21(26)12-10-19/h3-4,6,8-12,22-23H,5,7,13-18H2,1-2H3/t22-,23+/m0/s1. The maximum Gasteiger partial charge on any atom is 0.227 e. The van der Waals surface area contributed by atoms with Crippen LogP contribution in [-0.2, 0) is 17.8 Å². The topological polar surface area (TPSA) is 36.0 Å². The highest BCUT2D eigenvalue weighted by Gasteiger charge is 2.33. The highest BCUT2D eigenvalue weighted by atomic mass is 19.1. The van der Waals surface area contributed by atoms with E-state index in [1.165, 1.54) is 17.7 Å². The summed E-state index contributed by atoms with van der Waals surface area (Å²) in [5.41, 5.74) is 2.06. The van der Waals surface area contributed by atoms with Crippen LogP contribution in [0.15, 0.2) is 48.5 Å². The number of hydrogen-bond acceptors (Lipinski definition) is 4. The summed E-state index contributed by atoms with van der Waals surface area (Å²) in [6.07, 6.45) is 2.37. The molecular formula is C25H32FN3O2. The van der Waals surface area contributed by atoms with Gasteiger partial charge in [0.2, 0.25) is 5.91 Å². The summed E-state index contributed by atoms with van der Waals surface area (Å²) in [4.78, 5) is 19.8. The van der Waals surface area contributed by atoms with Crippen molar-refractivity contribution in [1.82, 2.24) is 14.7 Å². The fourth-order valence-electron chi connectivity index (χ4n) is 4.72. The third-order valence-corrected chi connectivity index (χ3v) is 6.28. The lowest BCUT2D eigenvalue weighted by Gasteiger charge is -2.35. The quantitative estimate of drug-likeness (QED) is 0.712. The summed E-state index contributed by atoms with van der Waals surface area (Å²) < 4.78 is 19.3. The number of hydrogen-bond donors (Lipinski definition) is 0. The first-order chi connectivity index (χ1) is 15.0. The number of likely N-dealkylation sites (tertiary alicyclic amines) is 1. The molecule has 0 saturated carbocycles. The van der Waals surface area contributed by atoms with Gasteiger partial charge in [0.05, 0.1) is 12.5 Å². The molecule has 0 spiro atoms. The molecule has 0 radical (unpaired) electrons. The average Bonchev–Trinajstić information content (AvgIpc) is 3.14. The lowest BCUT2D eigenvalue weighted by Crippen LogP contribution is -2.50. The Bertz CT molecular complexity index is 887. The van der Waals surface area contributed by atoms with E-state index in [9.17, 15) is 9.18 Å². The predicted octanol–water partition coefficient (Wildman–Crippen LogP) is 3.18. The molecule has 2 aromatic carbocycles. The maximum absolute atomic E-state index is 13.2. The number of benzene rings is 2. The van der Waals surface area contributed by atoms with Gasteiger partial charge in [0, 0.05) is 37.8 Å². The molecule has 6 heteroatoms. The molecule has 1 saturated heterocycles. The highest BCUT2D eigenvalue weighted by Crippen LogP contribution is 2.27. The van der Waals surface area contributed by atoms with Crippen LogP contribution in [0.1, 0.15) is 24.0 Å². The maximum atomic E-state index is 13.2. The van der Waals surface area contributed by atoms with Crippen molar-refractivity contribution in [2.75, 3.05) is 40.3 Å². The fraction of sp³-hybridized carbons (Fsp3) is 0.480. The normalized spacial score (nSPS) is 21.6. The van der Waals surface area contributed by atoms with Gasteiger partial charge in [-0.3, -0.25) is 9.69 Å². The van der Waals surface area contributed by atoms with Crippen LogP contribution in [0.4, 0.5) is 4.39 Å². The van der Waals surface area contributed by atoms with Crippen molar-refractivity contribution in [3.05, 3.63) is 65.5 Å².